The SMILES string of the molecule is CNc1ccc(-c2nc3c(C)cccc3o2)cc1. The fourth-order valence-corrected chi connectivity index (χ4v) is 1.99. The molecule has 1 N–H and O–H groups in total. The molecule has 0 bridgehead atoms. The Kier molecular flexibility index (Phi) is 2.52. The first-order chi connectivity index (χ1) is 8.78. The highest BCUT2D eigenvalue weighted by molar-refractivity contribution is 5.79. The van der Waals surface area contributed by atoms with Gasteiger partial charge in [0.05, 0.1) is 0 Å². The minimum atomic E-state index is 0.668. The molecular weight excluding hydrogens is 224 g/mol. The molecule has 2 aromatic carbocycles. The molecule has 0 unspecified atom stereocenters. The second kappa shape index (κ2) is 4.18. The third-order valence-electron chi connectivity index (χ3n) is 3.04. The zero-order chi connectivity index (χ0) is 12.5. The molecule has 0 amide bonds. The van der Waals surface area contributed by atoms with Gasteiger partial charge in [-0.1, -0.05) is 12.1 Å². The van der Waals surface area contributed by atoms with E-state index in [2.05, 4.69) is 10.3 Å². The molecule has 3 nitrogen and oxygen atoms in total. The summed E-state index contributed by atoms with van der Waals surface area (Å²) in [4.78, 5) is 4.55. The molecule has 3 heteroatoms. The Labute approximate surface area is 105 Å². The number of nitrogens with zero attached hydrogens (tertiary/aromatic N) is 1. The molecule has 90 valence electrons. The van der Waals surface area contributed by atoms with Crippen LogP contribution >= 0.6 is 0 Å². The highest BCUT2D eigenvalue weighted by Gasteiger charge is 2.09. The van der Waals surface area contributed by atoms with E-state index < -0.39 is 0 Å². The highest BCUT2D eigenvalue weighted by Crippen LogP contribution is 2.26. The lowest BCUT2D eigenvalue weighted by Crippen LogP contribution is -1.86. The van der Waals surface area contributed by atoms with Gasteiger partial charge in [0.1, 0.15) is 5.52 Å². The Morgan fingerprint density at radius 1 is 1.06 bits per heavy atom. The summed E-state index contributed by atoms with van der Waals surface area (Å²) >= 11 is 0. The van der Waals surface area contributed by atoms with Crippen LogP contribution in [0.1, 0.15) is 5.56 Å². The summed E-state index contributed by atoms with van der Waals surface area (Å²) in [6.07, 6.45) is 0. The van der Waals surface area contributed by atoms with Crippen LogP contribution in [0.5, 0.6) is 0 Å². The van der Waals surface area contributed by atoms with Gasteiger partial charge in [-0.05, 0) is 42.8 Å². The van der Waals surface area contributed by atoms with Crippen LogP contribution in [0.3, 0.4) is 0 Å². The zero-order valence-corrected chi connectivity index (χ0v) is 10.4. The maximum Gasteiger partial charge on any atom is 0.227 e. The van der Waals surface area contributed by atoms with Crippen molar-refractivity contribution in [1.82, 2.24) is 4.98 Å². The number of nitrogens with one attached hydrogen (secondary N) is 1. The number of fused-ring (bicyclic) bond motifs is 1. The minimum Gasteiger partial charge on any atom is -0.436 e. The standard InChI is InChI=1S/C15H14N2O/c1-10-4-3-5-13-14(10)17-15(18-13)11-6-8-12(16-2)9-7-11/h3-9,16H,1-2H3. The first-order valence-corrected chi connectivity index (χ1v) is 5.92. The molecule has 0 radical (unpaired) electrons. The summed E-state index contributed by atoms with van der Waals surface area (Å²) < 4.78 is 5.78. The molecule has 0 fully saturated rings. The van der Waals surface area contributed by atoms with Crippen LogP contribution in [0.2, 0.25) is 0 Å². The highest BCUT2D eigenvalue weighted by atomic mass is 16.3. The number of oxazole rings is 1. The lowest BCUT2D eigenvalue weighted by atomic mass is 10.2. The van der Waals surface area contributed by atoms with E-state index in [1.54, 1.807) is 0 Å². The molecule has 3 aromatic rings. The molecule has 18 heavy (non-hydrogen) atoms. The Bertz CT molecular complexity index is 683. The van der Waals surface area contributed by atoms with Gasteiger partial charge in [0.2, 0.25) is 5.89 Å². The van der Waals surface area contributed by atoms with E-state index in [1.807, 2.05) is 56.4 Å². The molecule has 0 aliphatic carbocycles. The topological polar surface area (TPSA) is 38.1 Å². The van der Waals surface area contributed by atoms with Gasteiger partial charge in [0, 0.05) is 18.3 Å². The third-order valence-corrected chi connectivity index (χ3v) is 3.04. The second-order valence-electron chi connectivity index (χ2n) is 4.27. The van der Waals surface area contributed by atoms with E-state index >= 15 is 0 Å². The number of benzene rings is 2. The molecule has 0 saturated heterocycles. The summed E-state index contributed by atoms with van der Waals surface area (Å²) in [6.45, 7) is 2.04. The Balaban J connectivity index is 2.10. The third kappa shape index (κ3) is 1.74. The van der Waals surface area contributed by atoms with E-state index in [0.29, 0.717) is 5.89 Å². The number of anilines is 1. The van der Waals surface area contributed by atoms with Gasteiger partial charge in [0.15, 0.2) is 5.58 Å². The average Bonchev–Trinajstić information content (AvgIpc) is 2.84. The van der Waals surface area contributed by atoms with Gasteiger partial charge < -0.3 is 9.73 Å². The van der Waals surface area contributed by atoms with Gasteiger partial charge in [-0.25, -0.2) is 4.98 Å². The van der Waals surface area contributed by atoms with Crippen LogP contribution in [0.4, 0.5) is 5.69 Å². The maximum absolute atomic E-state index is 5.78. The van der Waals surface area contributed by atoms with Gasteiger partial charge in [0.25, 0.3) is 0 Å². The second-order valence-corrected chi connectivity index (χ2v) is 4.27. The summed E-state index contributed by atoms with van der Waals surface area (Å²) in [7, 11) is 1.90. The monoisotopic (exact) mass is 238 g/mol. The predicted octanol–water partition coefficient (Wildman–Crippen LogP) is 3.84. The Morgan fingerprint density at radius 2 is 1.83 bits per heavy atom. The lowest BCUT2D eigenvalue weighted by Gasteiger charge is -1.99. The number of hydrogen-bond acceptors (Lipinski definition) is 3. The van der Waals surface area contributed by atoms with Gasteiger partial charge >= 0.3 is 0 Å². The molecule has 3 rings (SSSR count). The van der Waals surface area contributed by atoms with Crippen LogP contribution in [0.15, 0.2) is 46.9 Å². The average molecular weight is 238 g/mol. The summed E-state index contributed by atoms with van der Waals surface area (Å²) in [5.74, 6) is 0.668. The zero-order valence-electron chi connectivity index (χ0n) is 10.4. The van der Waals surface area contributed by atoms with Crippen LogP contribution in [0.25, 0.3) is 22.6 Å². The van der Waals surface area contributed by atoms with E-state index in [4.69, 9.17) is 4.42 Å². The fraction of sp³-hybridized carbons (Fsp3) is 0.133. The molecule has 0 aliphatic heterocycles. The Hall–Kier alpha value is -2.29. The van der Waals surface area contributed by atoms with Gasteiger partial charge in [-0.3, -0.25) is 0 Å². The van der Waals surface area contributed by atoms with Gasteiger partial charge in [-0.2, -0.15) is 0 Å². The Morgan fingerprint density at radius 3 is 2.50 bits per heavy atom. The first-order valence-electron chi connectivity index (χ1n) is 5.92. The summed E-state index contributed by atoms with van der Waals surface area (Å²) in [5, 5.41) is 3.09. The summed E-state index contributed by atoms with van der Waals surface area (Å²) in [5.41, 5.74) is 4.97. The quantitative estimate of drug-likeness (QED) is 0.737. The molecule has 1 heterocycles. The molecule has 0 spiro atoms. The largest absolute Gasteiger partial charge is 0.436 e. The minimum absolute atomic E-state index is 0.668. The van der Waals surface area contributed by atoms with Crippen molar-refractivity contribution in [3.8, 4) is 11.5 Å². The fourth-order valence-electron chi connectivity index (χ4n) is 1.99. The summed E-state index contributed by atoms with van der Waals surface area (Å²) in [6, 6.07) is 14.0. The number of aromatic nitrogens is 1. The van der Waals surface area contributed by atoms with Crippen LogP contribution in [0, 0.1) is 6.92 Å². The smallest absolute Gasteiger partial charge is 0.227 e. The normalized spacial score (nSPS) is 10.8. The van der Waals surface area contributed by atoms with Crippen molar-refractivity contribution < 1.29 is 4.42 Å². The predicted molar refractivity (Wildman–Crippen MR) is 73.7 cm³/mol. The van der Waals surface area contributed by atoms with Crippen molar-refractivity contribution in [2.45, 2.75) is 6.92 Å². The maximum atomic E-state index is 5.78. The molecule has 0 aliphatic rings. The van der Waals surface area contributed by atoms with Crippen molar-refractivity contribution in [3.05, 3.63) is 48.0 Å². The van der Waals surface area contributed by atoms with Gasteiger partial charge in [-0.15, -0.1) is 0 Å². The molecule has 0 saturated carbocycles. The molecule has 1 aromatic heterocycles. The lowest BCUT2D eigenvalue weighted by molar-refractivity contribution is 0.620. The van der Waals surface area contributed by atoms with E-state index in [9.17, 15) is 0 Å². The van der Waals surface area contributed by atoms with E-state index in [-0.39, 0.29) is 0 Å². The number of hydrogen-bond donors (Lipinski definition) is 1. The molecular formula is C15H14N2O. The van der Waals surface area contributed by atoms with Crippen molar-refractivity contribution in [2.75, 3.05) is 12.4 Å². The first kappa shape index (κ1) is 10.8. The molecule has 0 atom stereocenters. The van der Waals surface area contributed by atoms with Crippen LogP contribution in [-0.4, -0.2) is 12.0 Å². The van der Waals surface area contributed by atoms with Crippen molar-refractivity contribution in [1.29, 1.82) is 0 Å². The van der Waals surface area contributed by atoms with Crippen LogP contribution in [-0.2, 0) is 0 Å². The van der Waals surface area contributed by atoms with Crippen molar-refractivity contribution >= 4 is 16.8 Å². The van der Waals surface area contributed by atoms with E-state index in [0.717, 1.165) is 27.9 Å². The number of aryl methyl sites for hydroxylation is 1. The van der Waals surface area contributed by atoms with Crippen molar-refractivity contribution in [3.63, 3.8) is 0 Å². The van der Waals surface area contributed by atoms with Crippen LogP contribution < -0.4 is 5.32 Å². The number of rotatable bonds is 2. The van der Waals surface area contributed by atoms with Crippen molar-refractivity contribution in [2.24, 2.45) is 0 Å². The van der Waals surface area contributed by atoms with E-state index in [1.165, 1.54) is 0 Å². The number of para-hydroxylation sites is 1.